The molecule has 2 saturated heterocycles. The first-order valence-electron chi connectivity index (χ1n) is 7.69. The van der Waals surface area contributed by atoms with Crippen molar-refractivity contribution in [1.29, 1.82) is 0 Å². The van der Waals surface area contributed by atoms with E-state index in [2.05, 4.69) is 4.90 Å². The van der Waals surface area contributed by atoms with Crippen molar-refractivity contribution in [2.45, 2.75) is 57.8 Å². The molecule has 0 aromatic rings. The van der Waals surface area contributed by atoms with Crippen LogP contribution in [0.25, 0.3) is 0 Å². The first-order chi connectivity index (χ1) is 9.37. The van der Waals surface area contributed by atoms with Gasteiger partial charge in [0.05, 0.1) is 12.7 Å². The van der Waals surface area contributed by atoms with Gasteiger partial charge in [0, 0.05) is 12.0 Å². The van der Waals surface area contributed by atoms with Crippen LogP contribution < -0.4 is 0 Å². The van der Waals surface area contributed by atoms with E-state index in [0.29, 0.717) is 18.6 Å². The number of carbonyl (C=O) groups is 1. The quantitative estimate of drug-likeness (QED) is 0.731. The predicted octanol–water partition coefficient (Wildman–Crippen LogP) is 0.782. The van der Waals surface area contributed by atoms with Crippen LogP contribution in [0.1, 0.15) is 40.0 Å². The van der Waals surface area contributed by atoms with E-state index in [-0.39, 0.29) is 5.92 Å². The average Bonchev–Trinajstić information content (AvgIpc) is 2.97. The van der Waals surface area contributed by atoms with Crippen LogP contribution in [0.3, 0.4) is 0 Å². The Kier molecular flexibility index (Phi) is 4.72. The molecule has 5 heteroatoms. The molecule has 0 radical (unpaired) electrons. The zero-order chi connectivity index (χ0) is 14.9. The van der Waals surface area contributed by atoms with Crippen LogP contribution >= 0.6 is 0 Å². The summed E-state index contributed by atoms with van der Waals surface area (Å²) in [5.41, 5.74) is -1.81. The molecule has 4 atom stereocenters. The second kappa shape index (κ2) is 6.00. The molecule has 20 heavy (non-hydrogen) atoms. The van der Waals surface area contributed by atoms with E-state index in [1.54, 1.807) is 13.8 Å². The highest BCUT2D eigenvalue weighted by atomic mass is 16.6. The third-order valence-corrected chi connectivity index (χ3v) is 5.02. The van der Waals surface area contributed by atoms with Crippen LogP contribution in [-0.2, 0) is 9.53 Å². The minimum absolute atomic E-state index is 0.349. The maximum absolute atomic E-state index is 12.2. The zero-order valence-electron chi connectivity index (χ0n) is 12.7. The highest BCUT2D eigenvalue weighted by Gasteiger charge is 2.46. The number of aliphatic hydroxyl groups excluding tert-OH is 1. The Balaban J connectivity index is 1.91. The van der Waals surface area contributed by atoms with E-state index in [4.69, 9.17) is 4.74 Å². The summed E-state index contributed by atoms with van der Waals surface area (Å²) < 4.78 is 5.35. The maximum Gasteiger partial charge on any atom is 0.341 e. The summed E-state index contributed by atoms with van der Waals surface area (Å²) in [7, 11) is 0. The lowest BCUT2D eigenvalue weighted by atomic mass is 9.85. The van der Waals surface area contributed by atoms with Gasteiger partial charge in [0.1, 0.15) is 0 Å². The molecule has 2 rings (SSSR count). The fraction of sp³-hybridized carbons (Fsp3) is 0.933. The van der Waals surface area contributed by atoms with E-state index in [1.807, 2.05) is 0 Å². The van der Waals surface area contributed by atoms with Crippen LogP contribution in [0.15, 0.2) is 0 Å². The van der Waals surface area contributed by atoms with Gasteiger partial charge in [-0.15, -0.1) is 0 Å². The normalized spacial score (nSPS) is 31.1. The largest absolute Gasteiger partial charge is 0.463 e. The molecule has 2 fully saturated rings. The first kappa shape index (κ1) is 15.7. The molecule has 2 aliphatic heterocycles. The van der Waals surface area contributed by atoms with Crippen molar-refractivity contribution in [1.82, 2.24) is 4.90 Å². The zero-order valence-corrected chi connectivity index (χ0v) is 12.7. The van der Waals surface area contributed by atoms with Crippen LogP contribution in [-0.4, -0.2) is 58.5 Å². The molecule has 2 aliphatic rings. The number of aliphatic hydroxyl groups is 2. The molecule has 1 unspecified atom stereocenters. The van der Waals surface area contributed by atoms with Crippen molar-refractivity contribution in [3.63, 3.8) is 0 Å². The molecule has 2 N–H and O–H groups in total. The highest BCUT2D eigenvalue weighted by molar-refractivity contribution is 5.80. The highest BCUT2D eigenvalue weighted by Crippen LogP contribution is 2.33. The van der Waals surface area contributed by atoms with Crippen LogP contribution in [0.5, 0.6) is 0 Å². The van der Waals surface area contributed by atoms with Crippen molar-refractivity contribution in [3.8, 4) is 0 Å². The number of rotatable bonds is 5. The van der Waals surface area contributed by atoms with Gasteiger partial charge >= 0.3 is 5.97 Å². The van der Waals surface area contributed by atoms with E-state index in [1.165, 1.54) is 19.8 Å². The molecule has 0 saturated carbocycles. The number of hydrogen-bond donors (Lipinski definition) is 2. The molecule has 0 aromatic heterocycles. The van der Waals surface area contributed by atoms with Crippen molar-refractivity contribution in [2.24, 2.45) is 11.8 Å². The second-order valence-corrected chi connectivity index (χ2v) is 6.55. The van der Waals surface area contributed by atoms with E-state index < -0.39 is 17.7 Å². The van der Waals surface area contributed by atoms with E-state index >= 15 is 0 Å². The molecular formula is C15H27NO4. The summed E-state index contributed by atoms with van der Waals surface area (Å²) in [6, 6.07) is 0.529. The van der Waals surface area contributed by atoms with Crippen molar-refractivity contribution >= 4 is 5.97 Å². The summed E-state index contributed by atoms with van der Waals surface area (Å²) in [6.45, 7) is 7.43. The smallest absolute Gasteiger partial charge is 0.341 e. The third-order valence-electron chi connectivity index (χ3n) is 5.02. The van der Waals surface area contributed by atoms with E-state index in [9.17, 15) is 15.0 Å². The van der Waals surface area contributed by atoms with Crippen LogP contribution in [0.4, 0.5) is 0 Å². The number of hydrogen-bond acceptors (Lipinski definition) is 5. The summed E-state index contributed by atoms with van der Waals surface area (Å²) in [6.07, 6.45) is 2.31. The number of nitrogens with zero attached hydrogens (tertiary/aromatic N) is 1. The summed E-state index contributed by atoms with van der Waals surface area (Å²) >= 11 is 0. The fourth-order valence-electron chi connectivity index (χ4n) is 3.57. The lowest BCUT2D eigenvalue weighted by Gasteiger charge is -2.33. The topological polar surface area (TPSA) is 70.0 Å². The molecule has 0 amide bonds. The summed E-state index contributed by atoms with van der Waals surface area (Å²) in [5.74, 6) is -0.715. The van der Waals surface area contributed by atoms with Crippen molar-refractivity contribution < 1.29 is 19.7 Å². The minimum Gasteiger partial charge on any atom is -0.463 e. The molecule has 5 nitrogen and oxygen atoms in total. The lowest BCUT2D eigenvalue weighted by molar-refractivity contribution is -0.186. The lowest BCUT2D eigenvalue weighted by Crippen LogP contribution is -2.53. The monoisotopic (exact) mass is 285 g/mol. The molecule has 2 heterocycles. The van der Waals surface area contributed by atoms with Gasteiger partial charge in [0.15, 0.2) is 5.60 Å². The van der Waals surface area contributed by atoms with Gasteiger partial charge in [0.25, 0.3) is 0 Å². The summed E-state index contributed by atoms with van der Waals surface area (Å²) in [4.78, 5) is 14.6. The molecule has 0 aromatic carbocycles. The Labute approximate surface area is 120 Å². The Morgan fingerprint density at radius 2 is 2.05 bits per heavy atom. The summed E-state index contributed by atoms with van der Waals surface area (Å²) in [5, 5.41) is 20.1. The van der Waals surface area contributed by atoms with Gasteiger partial charge in [0.2, 0.25) is 0 Å². The van der Waals surface area contributed by atoms with E-state index in [0.717, 1.165) is 19.5 Å². The van der Waals surface area contributed by atoms with Gasteiger partial charge in [-0.05, 0) is 45.2 Å². The number of ether oxygens (including phenoxy) is 1. The Bertz CT molecular complexity index is 348. The number of carbonyl (C=O) groups excluding carboxylic acids is 1. The molecular weight excluding hydrogens is 258 g/mol. The predicted molar refractivity (Wildman–Crippen MR) is 75.1 cm³/mol. The third kappa shape index (κ3) is 2.71. The second-order valence-electron chi connectivity index (χ2n) is 6.55. The van der Waals surface area contributed by atoms with Crippen molar-refractivity contribution in [2.75, 3.05) is 19.7 Å². The minimum atomic E-state index is -1.81. The van der Waals surface area contributed by atoms with Crippen LogP contribution in [0, 0.1) is 11.8 Å². The maximum atomic E-state index is 12.2. The van der Waals surface area contributed by atoms with Gasteiger partial charge in [-0.1, -0.05) is 13.8 Å². The molecule has 0 bridgehead atoms. The standard InChI is InChI=1S/C15H27NO4/c1-10(2)15(19,11(3)17)14(18)20-9-12-6-8-16-7-4-5-13(12)16/h10-13,17,19H,4-9H2,1-3H3/t11-,12+,13?,15+/m0/s1. The Morgan fingerprint density at radius 3 is 2.65 bits per heavy atom. The molecule has 116 valence electrons. The SMILES string of the molecule is CC(C)[C@](O)(C(=O)OC[C@H]1CCN2CCCC12)[C@H](C)O. The van der Waals surface area contributed by atoms with Gasteiger partial charge < -0.3 is 14.9 Å². The fourth-order valence-corrected chi connectivity index (χ4v) is 3.57. The van der Waals surface area contributed by atoms with Crippen LogP contribution in [0.2, 0.25) is 0 Å². The first-order valence-corrected chi connectivity index (χ1v) is 7.69. The molecule has 0 aliphatic carbocycles. The van der Waals surface area contributed by atoms with Gasteiger partial charge in [-0.25, -0.2) is 4.79 Å². The number of esters is 1. The molecule has 0 spiro atoms. The van der Waals surface area contributed by atoms with Crippen molar-refractivity contribution in [3.05, 3.63) is 0 Å². The average molecular weight is 285 g/mol. The van der Waals surface area contributed by atoms with Gasteiger partial charge in [-0.2, -0.15) is 0 Å². The number of fused-ring (bicyclic) bond motifs is 1. The Morgan fingerprint density at radius 1 is 1.35 bits per heavy atom. The Hall–Kier alpha value is -0.650. The van der Waals surface area contributed by atoms with Gasteiger partial charge in [-0.3, -0.25) is 4.90 Å².